The van der Waals surface area contributed by atoms with E-state index in [1.54, 1.807) is 11.4 Å². The van der Waals surface area contributed by atoms with E-state index in [9.17, 15) is 22.4 Å². The molecule has 146 valence electrons. The molecule has 5 nitrogen and oxygen atoms in total. The quantitative estimate of drug-likeness (QED) is 0.458. The fourth-order valence-electron chi connectivity index (χ4n) is 2.47. The Kier molecular flexibility index (Phi) is 4.85. The van der Waals surface area contributed by atoms with Crippen LogP contribution in [0.1, 0.15) is 10.4 Å². The maximum atomic E-state index is 13.4. The number of thiophene rings is 1. The van der Waals surface area contributed by atoms with Gasteiger partial charge in [0.25, 0.3) is 11.8 Å². The molecule has 0 unspecified atom stereocenters. The Labute approximate surface area is 164 Å². The third-order valence-electron chi connectivity index (χ3n) is 3.89. The maximum absolute atomic E-state index is 13.4. The molecule has 0 aliphatic carbocycles. The summed E-state index contributed by atoms with van der Waals surface area (Å²) in [6.07, 6.45) is 0. The molecular formula is C19H9F4N3O2S. The SMILES string of the molecule is O=C(Nc1ccsc1-c1nc(-c2ccc(F)c(F)c2)no1)c1ccc(F)c(F)c1. The van der Waals surface area contributed by atoms with Gasteiger partial charge in [-0.05, 0) is 47.8 Å². The van der Waals surface area contributed by atoms with Gasteiger partial charge in [0.2, 0.25) is 5.82 Å². The van der Waals surface area contributed by atoms with E-state index < -0.39 is 29.2 Å². The van der Waals surface area contributed by atoms with Crippen molar-refractivity contribution in [3.63, 3.8) is 0 Å². The van der Waals surface area contributed by atoms with Gasteiger partial charge in [-0.25, -0.2) is 17.6 Å². The zero-order valence-electron chi connectivity index (χ0n) is 14.2. The lowest BCUT2D eigenvalue weighted by molar-refractivity contribution is 0.102. The number of carbonyl (C=O) groups excluding carboxylic acids is 1. The number of benzene rings is 2. The third-order valence-corrected chi connectivity index (χ3v) is 4.80. The van der Waals surface area contributed by atoms with Crippen LogP contribution in [0.4, 0.5) is 23.2 Å². The molecule has 0 aliphatic heterocycles. The van der Waals surface area contributed by atoms with Gasteiger partial charge in [-0.15, -0.1) is 11.3 Å². The maximum Gasteiger partial charge on any atom is 0.270 e. The van der Waals surface area contributed by atoms with Gasteiger partial charge in [0.15, 0.2) is 23.3 Å². The second-order valence-corrected chi connectivity index (χ2v) is 6.71. The molecule has 0 saturated heterocycles. The normalized spacial score (nSPS) is 10.9. The Morgan fingerprint density at radius 2 is 1.66 bits per heavy atom. The third kappa shape index (κ3) is 3.74. The minimum atomic E-state index is -1.14. The number of halogens is 4. The molecule has 2 aromatic heterocycles. The van der Waals surface area contributed by atoms with Gasteiger partial charge >= 0.3 is 0 Å². The number of rotatable bonds is 4. The van der Waals surface area contributed by atoms with Crippen molar-refractivity contribution >= 4 is 22.9 Å². The highest BCUT2D eigenvalue weighted by atomic mass is 32.1. The summed E-state index contributed by atoms with van der Waals surface area (Å²) in [5.74, 6) is -4.85. The number of hydrogen-bond donors (Lipinski definition) is 1. The van der Waals surface area contributed by atoms with Crippen LogP contribution in [0.15, 0.2) is 52.4 Å². The number of nitrogens with one attached hydrogen (secondary N) is 1. The topological polar surface area (TPSA) is 68.0 Å². The van der Waals surface area contributed by atoms with Crippen molar-refractivity contribution in [1.82, 2.24) is 10.1 Å². The van der Waals surface area contributed by atoms with E-state index >= 15 is 0 Å². The molecule has 29 heavy (non-hydrogen) atoms. The molecule has 0 fully saturated rings. The number of anilines is 1. The average Bonchev–Trinajstić information content (AvgIpc) is 3.35. The van der Waals surface area contributed by atoms with Gasteiger partial charge in [0, 0.05) is 11.1 Å². The largest absolute Gasteiger partial charge is 0.333 e. The molecule has 0 spiro atoms. The number of nitrogens with zero attached hydrogens (tertiary/aromatic N) is 2. The second-order valence-electron chi connectivity index (χ2n) is 5.80. The molecule has 4 rings (SSSR count). The first-order valence-corrected chi connectivity index (χ1v) is 8.94. The van der Waals surface area contributed by atoms with Crippen LogP contribution in [-0.4, -0.2) is 16.0 Å². The summed E-state index contributed by atoms with van der Waals surface area (Å²) in [5.41, 5.74) is 0.446. The summed E-state index contributed by atoms with van der Waals surface area (Å²) in [7, 11) is 0. The first kappa shape index (κ1) is 18.8. The van der Waals surface area contributed by atoms with E-state index in [1.165, 1.54) is 17.4 Å². The molecule has 4 aromatic rings. The minimum absolute atomic E-state index is 0.0326. The lowest BCUT2D eigenvalue weighted by Crippen LogP contribution is -2.12. The molecule has 0 aliphatic rings. The van der Waals surface area contributed by atoms with Crippen molar-refractivity contribution < 1.29 is 26.9 Å². The van der Waals surface area contributed by atoms with Crippen molar-refractivity contribution in [2.24, 2.45) is 0 Å². The van der Waals surface area contributed by atoms with Gasteiger partial charge in [0.1, 0.15) is 4.88 Å². The molecule has 10 heteroatoms. The Hall–Kier alpha value is -3.53. The van der Waals surface area contributed by atoms with Gasteiger partial charge in [-0.3, -0.25) is 4.79 Å². The summed E-state index contributed by atoms with van der Waals surface area (Å²) >= 11 is 1.18. The molecule has 1 amide bonds. The summed E-state index contributed by atoms with van der Waals surface area (Å²) in [6.45, 7) is 0. The Morgan fingerprint density at radius 3 is 2.38 bits per heavy atom. The summed E-state index contributed by atoms with van der Waals surface area (Å²) in [4.78, 5) is 16.9. The Balaban J connectivity index is 1.59. The van der Waals surface area contributed by atoms with Crippen molar-refractivity contribution in [2.45, 2.75) is 0 Å². The minimum Gasteiger partial charge on any atom is -0.333 e. The molecule has 1 N–H and O–H groups in total. The van der Waals surface area contributed by atoms with E-state index in [0.717, 1.165) is 30.3 Å². The lowest BCUT2D eigenvalue weighted by atomic mass is 10.2. The van der Waals surface area contributed by atoms with Crippen LogP contribution in [0.3, 0.4) is 0 Å². The predicted molar refractivity (Wildman–Crippen MR) is 97.3 cm³/mol. The van der Waals surface area contributed by atoms with Crippen molar-refractivity contribution in [3.05, 3.63) is 76.7 Å². The summed E-state index contributed by atoms with van der Waals surface area (Å²) in [5, 5.41) is 7.95. The number of amides is 1. The fourth-order valence-corrected chi connectivity index (χ4v) is 3.24. The number of hydrogen-bond acceptors (Lipinski definition) is 5. The monoisotopic (exact) mass is 419 g/mol. The van der Waals surface area contributed by atoms with E-state index in [-0.39, 0.29) is 22.8 Å². The number of aromatic nitrogens is 2. The van der Waals surface area contributed by atoms with Crippen LogP contribution < -0.4 is 5.32 Å². The molecule has 0 radical (unpaired) electrons. The molecular weight excluding hydrogens is 410 g/mol. The van der Waals surface area contributed by atoms with Gasteiger partial charge in [0.05, 0.1) is 5.69 Å². The van der Waals surface area contributed by atoms with E-state index in [0.29, 0.717) is 10.6 Å². The summed E-state index contributed by atoms with van der Waals surface area (Å²) < 4.78 is 58.0. The highest BCUT2D eigenvalue weighted by Crippen LogP contribution is 2.34. The standard InChI is InChI=1S/C19H9F4N3O2S/c20-11-3-1-9(7-13(11)22)17-25-19(28-26-17)16-15(5-6-29-16)24-18(27)10-2-4-12(21)14(23)8-10/h1-8H,(H,24,27). The van der Waals surface area contributed by atoms with Gasteiger partial charge in [-0.1, -0.05) is 5.16 Å². The van der Waals surface area contributed by atoms with Crippen LogP contribution in [0.2, 0.25) is 0 Å². The van der Waals surface area contributed by atoms with Gasteiger partial charge in [-0.2, -0.15) is 4.98 Å². The first-order chi connectivity index (χ1) is 13.9. The molecule has 0 bridgehead atoms. The summed E-state index contributed by atoms with van der Waals surface area (Å²) in [6, 6.07) is 7.53. The van der Waals surface area contributed by atoms with Crippen LogP contribution in [0.25, 0.3) is 22.2 Å². The number of carbonyl (C=O) groups is 1. The zero-order chi connectivity index (χ0) is 20.5. The predicted octanol–water partition coefficient (Wildman–Crippen LogP) is 5.27. The van der Waals surface area contributed by atoms with Crippen molar-refractivity contribution in [2.75, 3.05) is 5.32 Å². The first-order valence-electron chi connectivity index (χ1n) is 8.06. The van der Waals surface area contributed by atoms with Crippen molar-refractivity contribution in [3.8, 4) is 22.2 Å². The van der Waals surface area contributed by atoms with Crippen LogP contribution in [-0.2, 0) is 0 Å². The molecule has 2 aromatic carbocycles. The Morgan fingerprint density at radius 1 is 0.931 bits per heavy atom. The molecule has 0 saturated carbocycles. The average molecular weight is 419 g/mol. The van der Waals surface area contributed by atoms with Crippen LogP contribution in [0.5, 0.6) is 0 Å². The smallest absolute Gasteiger partial charge is 0.270 e. The highest BCUT2D eigenvalue weighted by molar-refractivity contribution is 7.14. The van der Waals surface area contributed by atoms with E-state index in [2.05, 4.69) is 15.5 Å². The highest BCUT2D eigenvalue weighted by Gasteiger charge is 2.19. The van der Waals surface area contributed by atoms with E-state index in [4.69, 9.17) is 4.52 Å². The van der Waals surface area contributed by atoms with E-state index in [1.807, 2.05) is 0 Å². The molecule has 2 heterocycles. The van der Waals surface area contributed by atoms with Gasteiger partial charge < -0.3 is 9.84 Å². The second kappa shape index (κ2) is 7.47. The van der Waals surface area contributed by atoms with Crippen LogP contribution >= 0.6 is 11.3 Å². The van der Waals surface area contributed by atoms with Crippen molar-refractivity contribution in [1.29, 1.82) is 0 Å². The zero-order valence-corrected chi connectivity index (χ0v) is 15.1. The fraction of sp³-hybridized carbons (Fsp3) is 0. The lowest BCUT2D eigenvalue weighted by Gasteiger charge is -2.05. The molecule has 0 atom stereocenters. The van der Waals surface area contributed by atoms with Crippen LogP contribution in [0, 0.1) is 23.3 Å². The Bertz CT molecular complexity index is 1220.